The van der Waals surface area contributed by atoms with E-state index in [0.717, 1.165) is 24.8 Å². The maximum absolute atomic E-state index is 13.1. The first-order valence-corrected chi connectivity index (χ1v) is 8.26. The lowest BCUT2D eigenvalue weighted by Crippen LogP contribution is -2.23. The van der Waals surface area contributed by atoms with Crippen LogP contribution in [0.15, 0.2) is 23.8 Å². The Bertz CT molecular complexity index is 371. The van der Waals surface area contributed by atoms with E-state index in [4.69, 9.17) is 4.74 Å². The third-order valence-corrected chi connectivity index (χ3v) is 4.52. The third-order valence-electron chi connectivity index (χ3n) is 4.52. The highest BCUT2D eigenvalue weighted by atomic mass is 19.4. The van der Waals surface area contributed by atoms with Crippen molar-refractivity contribution in [2.75, 3.05) is 7.11 Å². The summed E-state index contributed by atoms with van der Waals surface area (Å²) < 4.78 is 44.7. The summed E-state index contributed by atoms with van der Waals surface area (Å²) in [5, 5.41) is 0. The lowest BCUT2D eigenvalue weighted by atomic mass is 9.91. The second kappa shape index (κ2) is 9.39. The Hall–Kier alpha value is -0.770. The Morgan fingerprint density at radius 1 is 1.18 bits per heavy atom. The molecule has 0 amide bonds. The molecule has 4 heteroatoms. The Morgan fingerprint density at radius 3 is 2.55 bits per heavy atom. The lowest BCUT2D eigenvalue weighted by Gasteiger charge is -2.21. The van der Waals surface area contributed by atoms with E-state index >= 15 is 0 Å². The predicted octanol–water partition coefficient (Wildman–Crippen LogP) is 6.06. The molecule has 1 nitrogen and oxygen atoms in total. The van der Waals surface area contributed by atoms with Gasteiger partial charge in [-0.05, 0) is 51.4 Å². The molecule has 0 radical (unpaired) electrons. The van der Waals surface area contributed by atoms with Gasteiger partial charge in [0.05, 0.1) is 12.0 Å². The van der Waals surface area contributed by atoms with Crippen molar-refractivity contribution in [1.82, 2.24) is 0 Å². The van der Waals surface area contributed by atoms with Gasteiger partial charge in [-0.1, -0.05) is 37.1 Å². The Labute approximate surface area is 132 Å². The molecule has 0 bridgehead atoms. The number of halogens is 3. The number of methoxy groups -OCH3 is 1. The SMILES string of the molecule is COC1/C=C/CCCCC(C(F)(F)F)CC/C(C)=C\CC1C. The summed E-state index contributed by atoms with van der Waals surface area (Å²) in [7, 11) is 1.71. The van der Waals surface area contributed by atoms with Crippen LogP contribution in [0.2, 0.25) is 0 Å². The van der Waals surface area contributed by atoms with Gasteiger partial charge in [0.15, 0.2) is 0 Å². The fourth-order valence-corrected chi connectivity index (χ4v) is 2.88. The number of ether oxygens (including phenoxy) is 1. The number of hydrogen-bond acceptors (Lipinski definition) is 1. The number of allylic oxidation sites excluding steroid dienone is 3. The standard InChI is InChI=1S/C18H29F3O/c1-14-10-12-15(2)17(22-3)9-7-5-4-6-8-16(13-11-14)18(19,20)21/h7,9-10,15-17H,4-6,8,11-13H2,1-3H3/b9-7+,14-10-. The molecular weight excluding hydrogens is 289 g/mol. The van der Waals surface area contributed by atoms with Gasteiger partial charge >= 0.3 is 6.18 Å². The molecule has 1 rings (SSSR count). The van der Waals surface area contributed by atoms with Crippen molar-refractivity contribution in [3.63, 3.8) is 0 Å². The zero-order chi connectivity index (χ0) is 16.6. The fraction of sp³-hybridized carbons (Fsp3) is 0.778. The summed E-state index contributed by atoms with van der Waals surface area (Å²) in [6.07, 6.45) is 6.28. The van der Waals surface area contributed by atoms with Crippen LogP contribution in [0, 0.1) is 11.8 Å². The van der Waals surface area contributed by atoms with Crippen molar-refractivity contribution in [2.45, 2.75) is 71.1 Å². The van der Waals surface area contributed by atoms with E-state index in [1.165, 1.54) is 0 Å². The van der Waals surface area contributed by atoms with Crippen molar-refractivity contribution < 1.29 is 17.9 Å². The summed E-state index contributed by atoms with van der Waals surface area (Å²) >= 11 is 0. The first kappa shape index (κ1) is 19.3. The minimum absolute atomic E-state index is 0.0786. The summed E-state index contributed by atoms with van der Waals surface area (Å²) in [6, 6.07) is 0. The highest BCUT2D eigenvalue weighted by Crippen LogP contribution is 2.35. The summed E-state index contributed by atoms with van der Waals surface area (Å²) in [6.45, 7) is 4.05. The van der Waals surface area contributed by atoms with Crippen molar-refractivity contribution in [3.05, 3.63) is 23.8 Å². The second-order valence-electron chi connectivity index (χ2n) is 6.45. The molecule has 0 aromatic heterocycles. The average Bonchev–Trinajstić information content (AvgIpc) is 2.45. The number of rotatable bonds is 1. The molecule has 0 spiro atoms. The molecule has 3 atom stereocenters. The molecule has 0 saturated heterocycles. The van der Waals surface area contributed by atoms with Gasteiger partial charge < -0.3 is 4.74 Å². The van der Waals surface area contributed by atoms with Gasteiger partial charge in [0, 0.05) is 7.11 Å². The van der Waals surface area contributed by atoms with Gasteiger partial charge in [0.25, 0.3) is 0 Å². The average molecular weight is 318 g/mol. The van der Waals surface area contributed by atoms with Gasteiger partial charge in [-0.2, -0.15) is 13.2 Å². The van der Waals surface area contributed by atoms with Crippen LogP contribution in [0.25, 0.3) is 0 Å². The summed E-state index contributed by atoms with van der Waals surface area (Å²) in [5.41, 5.74) is 1.05. The van der Waals surface area contributed by atoms with Gasteiger partial charge in [-0.15, -0.1) is 0 Å². The molecule has 0 heterocycles. The molecule has 0 aliphatic heterocycles. The minimum atomic E-state index is -4.07. The van der Waals surface area contributed by atoms with Crippen LogP contribution in [0.4, 0.5) is 13.2 Å². The molecule has 0 aromatic rings. The van der Waals surface area contributed by atoms with Crippen LogP contribution < -0.4 is 0 Å². The van der Waals surface area contributed by atoms with Crippen LogP contribution in [0.5, 0.6) is 0 Å². The van der Waals surface area contributed by atoms with E-state index in [-0.39, 0.29) is 18.9 Å². The zero-order valence-corrected chi connectivity index (χ0v) is 14.0. The topological polar surface area (TPSA) is 9.23 Å². The van der Waals surface area contributed by atoms with E-state index in [1.54, 1.807) is 7.11 Å². The van der Waals surface area contributed by atoms with Crippen LogP contribution >= 0.6 is 0 Å². The molecule has 3 unspecified atom stereocenters. The Balaban J connectivity index is 2.75. The highest BCUT2D eigenvalue weighted by Gasteiger charge is 2.38. The predicted molar refractivity (Wildman–Crippen MR) is 84.7 cm³/mol. The first-order chi connectivity index (χ1) is 10.3. The Morgan fingerprint density at radius 2 is 1.91 bits per heavy atom. The minimum Gasteiger partial charge on any atom is -0.377 e. The summed E-state index contributed by atoms with van der Waals surface area (Å²) in [5.74, 6) is -0.829. The fourth-order valence-electron chi connectivity index (χ4n) is 2.88. The van der Waals surface area contributed by atoms with Gasteiger partial charge in [0.2, 0.25) is 0 Å². The first-order valence-electron chi connectivity index (χ1n) is 8.26. The monoisotopic (exact) mass is 318 g/mol. The Kier molecular flexibility index (Phi) is 8.23. The van der Waals surface area contributed by atoms with E-state index in [0.29, 0.717) is 18.8 Å². The molecule has 1 aliphatic rings. The van der Waals surface area contributed by atoms with Crippen LogP contribution in [-0.2, 0) is 4.74 Å². The molecule has 1 aliphatic carbocycles. The lowest BCUT2D eigenvalue weighted by molar-refractivity contribution is -0.178. The van der Waals surface area contributed by atoms with Crippen LogP contribution in [0.1, 0.15) is 58.8 Å². The van der Waals surface area contributed by atoms with Crippen molar-refractivity contribution in [1.29, 1.82) is 0 Å². The van der Waals surface area contributed by atoms with E-state index in [1.807, 2.05) is 6.92 Å². The van der Waals surface area contributed by atoms with Crippen LogP contribution in [0.3, 0.4) is 0 Å². The van der Waals surface area contributed by atoms with Crippen molar-refractivity contribution in [3.8, 4) is 0 Å². The van der Waals surface area contributed by atoms with E-state index in [9.17, 15) is 13.2 Å². The van der Waals surface area contributed by atoms with Gasteiger partial charge in [-0.3, -0.25) is 0 Å². The molecule has 0 N–H and O–H groups in total. The zero-order valence-electron chi connectivity index (χ0n) is 14.0. The van der Waals surface area contributed by atoms with E-state index < -0.39 is 12.1 Å². The quantitative estimate of drug-likeness (QED) is 0.534. The third kappa shape index (κ3) is 6.99. The number of alkyl halides is 3. The highest BCUT2D eigenvalue weighted by molar-refractivity contribution is 5.01. The van der Waals surface area contributed by atoms with Gasteiger partial charge in [-0.25, -0.2) is 0 Å². The molecule has 0 saturated carbocycles. The summed E-state index contributed by atoms with van der Waals surface area (Å²) in [4.78, 5) is 0. The van der Waals surface area contributed by atoms with Crippen molar-refractivity contribution >= 4 is 0 Å². The second-order valence-corrected chi connectivity index (χ2v) is 6.45. The maximum atomic E-state index is 13.1. The van der Waals surface area contributed by atoms with E-state index in [2.05, 4.69) is 25.2 Å². The number of hydrogen-bond donors (Lipinski definition) is 0. The molecule has 22 heavy (non-hydrogen) atoms. The molecule has 0 aromatic carbocycles. The smallest absolute Gasteiger partial charge is 0.377 e. The van der Waals surface area contributed by atoms with Crippen molar-refractivity contribution in [2.24, 2.45) is 11.8 Å². The van der Waals surface area contributed by atoms with Gasteiger partial charge in [0.1, 0.15) is 0 Å². The molecular formula is C18H29F3O. The molecule has 0 fully saturated rings. The van der Waals surface area contributed by atoms with Crippen LogP contribution in [-0.4, -0.2) is 19.4 Å². The largest absolute Gasteiger partial charge is 0.391 e. The maximum Gasteiger partial charge on any atom is 0.391 e. The normalized spacial score (nSPS) is 33.5. The molecule has 128 valence electrons.